The lowest BCUT2D eigenvalue weighted by atomic mass is 9.68. The molecule has 0 aromatic rings. The first-order chi connectivity index (χ1) is 8.47. The molecule has 0 spiro atoms. The Morgan fingerprint density at radius 2 is 1.67 bits per heavy atom. The fourth-order valence-electron chi connectivity index (χ4n) is 3.59. The zero-order valence-electron chi connectivity index (χ0n) is 12.3. The van der Waals surface area contributed by atoms with Gasteiger partial charge >= 0.3 is 0 Å². The molecule has 0 N–H and O–H groups in total. The van der Waals surface area contributed by atoms with Gasteiger partial charge in [-0.1, -0.05) is 39.5 Å². The van der Waals surface area contributed by atoms with Gasteiger partial charge in [-0.2, -0.15) is 0 Å². The molecule has 0 bridgehead atoms. The molecule has 2 aliphatic carbocycles. The number of methoxy groups -OCH3 is 1. The van der Waals surface area contributed by atoms with Crippen molar-refractivity contribution in [2.75, 3.05) is 7.11 Å². The Balaban J connectivity index is 1.96. The molecule has 0 aliphatic heterocycles. The smallest absolute Gasteiger partial charge is 0.164 e. The standard InChI is InChI=1S/C16H28O2/c1-15(2)8-10-16(18-3,11-9-15)14(17)12-13-6-4-5-7-13/h13H,4-12H2,1-3H3. The topological polar surface area (TPSA) is 26.3 Å². The maximum absolute atomic E-state index is 12.6. The Morgan fingerprint density at radius 3 is 2.17 bits per heavy atom. The second-order valence-electron chi connectivity index (χ2n) is 7.14. The number of carbonyl (C=O) groups is 1. The van der Waals surface area contributed by atoms with Crippen molar-refractivity contribution in [3.63, 3.8) is 0 Å². The third kappa shape index (κ3) is 2.96. The summed E-state index contributed by atoms with van der Waals surface area (Å²) in [4.78, 5) is 12.6. The Morgan fingerprint density at radius 1 is 1.11 bits per heavy atom. The Kier molecular flexibility index (Phi) is 4.15. The molecular weight excluding hydrogens is 224 g/mol. The molecule has 0 aromatic heterocycles. The zero-order valence-corrected chi connectivity index (χ0v) is 12.3. The minimum atomic E-state index is -0.446. The second kappa shape index (κ2) is 5.32. The minimum absolute atomic E-state index is 0.382. The van der Waals surface area contributed by atoms with E-state index >= 15 is 0 Å². The van der Waals surface area contributed by atoms with Crippen molar-refractivity contribution in [1.29, 1.82) is 0 Å². The first-order valence-corrected chi connectivity index (χ1v) is 7.56. The van der Waals surface area contributed by atoms with E-state index in [2.05, 4.69) is 13.8 Å². The highest BCUT2D eigenvalue weighted by atomic mass is 16.5. The molecule has 0 heterocycles. The van der Waals surface area contributed by atoms with Gasteiger partial charge in [0, 0.05) is 13.5 Å². The van der Waals surface area contributed by atoms with Crippen LogP contribution in [-0.4, -0.2) is 18.5 Å². The van der Waals surface area contributed by atoms with Crippen LogP contribution in [-0.2, 0) is 9.53 Å². The molecule has 18 heavy (non-hydrogen) atoms. The predicted molar refractivity (Wildman–Crippen MR) is 73.6 cm³/mol. The van der Waals surface area contributed by atoms with E-state index < -0.39 is 5.60 Å². The Labute approximate surface area is 111 Å². The third-order valence-electron chi connectivity index (χ3n) is 5.26. The van der Waals surface area contributed by atoms with Crippen LogP contribution in [0.3, 0.4) is 0 Å². The van der Waals surface area contributed by atoms with E-state index in [0.717, 1.165) is 32.1 Å². The fourth-order valence-corrected chi connectivity index (χ4v) is 3.59. The van der Waals surface area contributed by atoms with Gasteiger partial charge in [0.1, 0.15) is 5.60 Å². The van der Waals surface area contributed by atoms with Crippen molar-refractivity contribution < 1.29 is 9.53 Å². The van der Waals surface area contributed by atoms with Crippen molar-refractivity contribution in [3.8, 4) is 0 Å². The molecule has 104 valence electrons. The largest absolute Gasteiger partial charge is 0.370 e. The van der Waals surface area contributed by atoms with Crippen LogP contribution in [0.15, 0.2) is 0 Å². The quantitative estimate of drug-likeness (QED) is 0.752. The molecule has 0 aromatic carbocycles. The molecule has 2 fully saturated rings. The first-order valence-electron chi connectivity index (χ1n) is 7.56. The van der Waals surface area contributed by atoms with Crippen molar-refractivity contribution in [2.45, 2.75) is 77.2 Å². The summed E-state index contributed by atoms with van der Waals surface area (Å²) in [6.07, 6.45) is 9.93. The number of hydrogen-bond acceptors (Lipinski definition) is 2. The van der Waals surface area contributed by atoms with E-state index in [1.807, 2.05) is 0 Å². The summed E-state index contributed by atoms with van der Waals surface area (Å²) in [6, 6.07) is 0. The van der Waals surface area contributed by atoms with Crippen LogP contribution in [0.2, 0.25) is 0 Å². The highest BCUT2D eigenvalue weighted by Crippen LogP contribution is 2.43. The van der Waals surface area contributed by atoms with Crippen LogP contribution >= 0.6 is 0 Å². The number of ketones is 1. The third-order valence-corrected chi connectivity index (χ3v) is 5.26. The lowest BCUT2D eigenvalue weighted by molar-refractivity contribution is -0.149. The van der Waals surface area contributed by atoms with Gasteiger partial charge in [-0.3, -0.25) is 4.79 Å². The maximum atomic E-state index is 12.6. The van der Waals surface area contributed by atoms with Gasteiger partial charge in [-0.25, -0.2) is 0 Å². The summed E-state index contributed by atoms with van der Waals surface area (Å²) in [6.45, 7) is 4.60. The maximum Gasteiger partial charge on any atom is 0.164 e. The normalized spacial score (nSPS) is 27.3. The van der Waals surface area contributed by atoms with Gasteiger partial charge in [-0.15, -0.1) is 0 Å². The van der Waals surface area contributed by atoms with Crippen LogP contribution in [0.1, 0.15) is 71.6 Å². The monoisotopic (exact) mass is 252 g/mol. The summed E-state index contributed by atoms with van der Waals surface area (Å²) in [5.41, 5.74) is -0.0617. The minimum Gasteiger partial charge on any atom is -0.370 e. The van der Waals surface area contributed by atoms with Gasteiger partial charge in [0.15, 0.2) is 5.78 Å². The molecule has 2 saturated carbocycles. The van der Waals surface area contributed by atoms with Gasteiger partial charge in [0.25, 0.3) is 0 Å². The van der Waals surface area contributed by atoms with E-state index in [9.17, 15) is 4.79 Å². The predicted octanol–water partition coefficient (Wildman–Crippen LogP) is 4.12. The van der Waals surface area contributed by atoms with Crippen LogP contribution in [0.5, 0.6) is 0 Å². The van der Waals surface area contributed by atoms with E-state index in [0.29, 0.717) is 17.1 Å². The lowest BCUT2D eigenvalue weighted by Crippen LogP contribution is -2.46. The number of ether oxygens (including phenoxy) is 1. The van der Waals surface area contributed by atoms with Crippen LogP contribution < -0.4 is 0 Å². The van der Waals surface area contributed by atoms with Crippen molar-refractivity contribution in [2.24, 2.45) is 11.3 Å². The van der Waals surface area contributed by atoms with E-state index in [1.54, 1.807) is 7.11 Å². The van der Waals surface area contributed by atoms with E-state index in [4.69, 9.17) is 4.74 Å². The van der Waals surface area contributed by atoms with Crippen LogP contribution in [0.4, 0.5) is 0 Å². The molecule has 2 aliphatic rings. The fraction of sp³-hybridized carbons (Fsp3) is 0.938. The molecule has 2 heteroatoms. The number of carbonyl (C=O) groups excluding carboxylic acids is 1. The molecule has 2 rings (SSSR count). The summed E-state index contributed by atoms with van der Waals surface area (Å²) in [5, 5.41) is 0. The molecule has 0 unspecified atom stereocenters. The van der Waals surface area contributed by atoms with Crippen LogP contribution in [0, 0.1) is 11.3 Å². The van der Waals surface area contributed by atoms with Crippen molar-refractivity contribution in [1.82, 2.24) is 0 Å². The molecule has 0 atom stereocenters. The van der Waals surface area contributed by atoms with Gasteiger partial charge in [0.05, 0.1) is 0 Å². The molecule has 0 amide bonds. The molecule has 0 saturated heterocycles. The van der Waals surface area contributed by atoms with Gasteiger partial charge in [0.2, 0.25) is 0 Å². The molecule has 2 nitrogen and oxygen atoms in total. The Hall–Kier alpha value is -0.370. The average Bonchev–Trinajstić information content (AvgIpc) is 2.82. The van der Waals surface area contributed by atoms with E-state index in [-0.39, 0.29) is 0 Å². The zero-order chi connectivity index (χ0) is 13.2. The second-order valence-corrected chi connectivity index (χ2v) is 7.14. The van der Waals surface area contributed by atoms with Crippen molar-refractivity contribution >= 4 is 5.78 Å². The van der Waals surface area contributed by atoms with Gasteiger partial charge in [-0.05, 0) is 37.0 Å². The first kappa shape index (κ1) is 14.0. The number of Topliss-reactive ketones (excluding diaryl/α,β-unsaturated/α-hetero) is 1. The lowest BCUT2D eigenvalue weighted by Gasteiger charge is -2.42. The van der Waals surface area contributed by atoms with Crippen LogP contribution in [0.25, 0.3) is 0 Å². The number of hydrogen-bond donors (Lipinski definition) is 0. The number of rotatable bonds is 4. The summed E-state index contributed by atoms with van der Waals surface area (Å²) < 4.78 is 5.69. The molecular formula is C16H28O2. The average molecular weight is 252 g/mol. The SMILES string of the molecule is COC1(C(=O)CC2CCCC2)CCC(C)(C)CC1. The van der Waals surface area contributed by atoms with Gasteiger partial charge < -0.3 is 4.74 Å². The van der Waals surface area contributed by atoms with E-state index in [1.165, 1.54) is 25.7 Å². The summed E-state index contributed by atoms with van der Waals surface area (Å²) in [7, 11) is 1.73. The molecule has 0 radical (unpaired) electrons. The Bertz CT molecular complexity index is 290. The van der Waals surface area contributed by atoms with Crippen molar-refractivity contribution in [3.05, 3.63) is 0 Å². The highest BCUT2D eigenvalue weighted by molar-refractivity contribution is 5.87. The summed E-state index contributed by atoms with van der Waals surface area (Å²) >= 11 is 0. The highest BCUT2D eigenvalue weighted by Gasteiger charge is 2.44. The summed E-state index contributed by atoms with van der Waals surface area (Å²) in [5.74, 6) is 1.02.